The summed E-state index contributed by atoms with van der Waals surface area (Å²) in [6.45, 7) is 4.04. The predicted octanol–water partition coefficient (Wildman–Crippen LogP) is 2.33. The van der Waals surface area contributed by atoms with Gasteiger partial charge >= 0.3 is 6.03 Å². The summed E-state index contributed by atoms with van der Waals surface area (Å²) in [7, 11) is 0. The second-order valence-electron chi connectivity index (χ2n) is 4.14. The van der Waals surface area contributed by atoms with Crippen LogP contribution in [0.15, 0.2) is 30.3 Å². The molecule has 1 aliphatic heterocycles. The molecule has 0 radical (unpaired) electrons. The highest BCUT2D eigenvalue weighted by atomic mass is 16.5. The van der Waals surface area contributed by atoms with Crippen LogP contribution in [0.25, 0.3) is 0 Å². The second kappa shape index (κ2) is 5.68. The summed E-state index contributed by atoms with van der Waals surface area (Å²) in [5.74, 6) is 0. The van der Waals surface area contributed by atoms with Crippen molar-refractivity contribution >= 4 is 11.7 Å². The van der Waals surface area contributed by atoms with Gasteiger partial charge in [0.2, 0.25) is 0 Å². The number of carbonyl (C=O) groups excluding carboxylic acids is 1. The lowest BCUT2D eigenvalue weighted by molar-refractivity contribution is -0.0134. The Hall–Kier alpha value is -1.55. The number of nitrogens with one attached hydrogen (secondary N) is 1. The number of urea groups is 1. The van der Waals surface area contributed by atoms with Gasteiger partial charge in [-0.2, -0.15) is 0 Å². The molecule has 1 saturated heterocycles. The Bertz CT molecular complexity index is 367. The van der Waals surface area contributed by atoms with Gasteiger partial charge in [-0.15, -0.1) is 0 Å². The van der Waals surface area contributed by atoms with Gasteiger partial charge < -0.3 is 15.0 Å². The predicted molar refractivity (Wildman–Crippen MR) is 67.1 cm³/mol. The molecule has 1 aromatic rings. The SMILES string of the molecule is CCC1CN(C(=O)Nc2ccccc2)CCO1. The minimum atomic E-state index is -0.0436. The smallest absolute Gasteiger partial charge is 0.322 e. The van der Waals surface area contributed by atoms with Gasteiger partial charge in [-0.05, 0) is 18.6 Å². The highest BCUT2D eigenvalue weighted by molar-refractivity contribution is 5.89. The van der Waals surface area contributed by atoms with Crippen LogP contribution < -0.4 is 5.32 Å². The van der Waals surface area contributed by atoms with Crippen molar-refractivity contribution in [3.05, 3.63) is 30.3 Å². The number of benzene rings is 1. The molecule has 1 atom stereocenters. The monoisotopic (exact) mass is 234 g/mol. The minimum absolute atomic E-state index is 0.0436. The lowest BCUT2D eigenvalue weighted by Crippen LogP contribution is -2.47. The van der Waals surface area contributed by atoms with E-state index in [4.69, 9.17) is 4.74 Å². The summed E-state index contributed by atoms with van der Waals surface area (Å²) in [4.78, 5) is 13.8. The molecular weight excluding hydrogens is 216 g/mol. The van der Waals surface area contributed by atoms with Crippen molar-refractivity contribution in [2.45, 2.75) is 19.4 Å². The molecule has 17 heavy (non-hydrogen) atoms. The molecule has 0 aliphatic carbocycles. The molecule has 2 amide bonds. The van der Waals surface area contributed by atoms with E-state index in [-0.39, 0.29) is 12.1 Å². The molecule has 1 aliphatic rings. The first-order valence-corrected chi connectivity index (χ1v) is 6.02. The van der Waals surface area contributed by atoms with Gasteiger partial charge in [-0.25, -0.2) is 4.79 Å². The van der Waals surface area contributed by atoms with E-state index >= 15 is 0 Å². The maximum atomic E-state index is 12.0. The van der Waals surface area contributed by atoms with Crippen LogP contribution in [0.2, 0.25) is 0 Å². The van der Waals surface area contributed by atoms with E-state index < -0.39 is 0 Å². The Morgan fingerprint density at radius 1 is 1.47 bits per heavy atom. The van der Waals surface area contributed by atoms with E-state index in [2.05, 4.69) is 12.2 Å². The molecule has 0 bridgehead atoms. The fourth-order valence-corrected chi connectivity index (χ4v) is 1.87. The van der Waals surface area contributed by atoms with Crippen LogP contribution in [0.5, 0.6) is 0 Å². The summed E-state index contributed by atoms with van der Waals surface area (Å²) < 4.78 is 5.54. The Kier molecular flexibility index (Phi) is 3.98. The van der Waals surface area contributed by atoms with Crippen LogP contribution in [-0.4, -0.2) is 36.7 Å². The van der Waals surface area contributed by atoms with Crippen LogP contribution in [0, 0.1) is 0 Å². The fraction of sp³-hybridized carbons (Fsp3) is 0.462. The van der Waals surface area contributed by atoms with E-state index in [1.165, 1.54) is 0 Å². The van der Waals surface area contributed by atoms with Crippen LogP contribution in [0.4, 0.5) is 10.5 Å². The van der Waals surface area contributed by atoms with Crippen molar-refractivity contribution in [1.82, 2.24) is 4.90 Å². The zero-order chi connectivity index (χ0) is 12.1. The first-order valence-electron chi connectivity index (χ1n) is 6.02. The summed E-state index contributed by atoms with van der Waals surface area (Å²) in [6, 6.07) is 9.47. The standard InChI is InChI=1S/C13H18N2O2/c1-2-12-10-15(8-9-17-12)13(16)14-11-6-4-3-5-7-11/h3-7,12H,2,8-10H2,1H3,(H,14,16). The van der Waals surface area contributed by atoms with Crippen molar-refractivity contribution in [3.63, 3.8) is 0 Å². The lowest BCUT2D eigenvalue weighted by atomic mass is 10.2. The summed E-state index contributed by atoms with van der Waals surface area (Å²) >= 11 is 0. The number of nitrogens with zero attached hydrogens (tertiary/aromatic N) is 1. The van der Waals surface area contributed by atoms with Gasteiger partial charge in [0.25, 0.3) is 0 Å². The maximum absolute atomic E-state index is 12.0. The second-order valence-corrected chi connectivity index (χ2v) is 4.14. The number of hydrogen-bond donors (Lipinski definition) is 1. The lowest BCUT2D eigenvalue weighted by Gasteiger charge is -2.32. The van der Waals surface area contributed by atoms with Crippen molar-refractivity contribution in [3.8, 4) is 0 Å². The zero-order valence-electron chi connectivity index (χ0n) is 10.1. The van der Waals surface area contributed by atoms with Crippen LogP contribution in [0.1, 0.15) is 13.3 Å². The Morgan fingerprint density at radius 3 is 2.94 bits per heavy atom. The van der Waals surface area contributed by atoms with Crippen molar-refractivity contribution in [2.24, 2.45) is 0 Å². The number of para-hydroxylation sites is 1. The third-order valence-corrected chi connectivity index (χ3v) is 2.91. The molecule has 1 aromatic carbocycles. The molecule has 1 N–H and O–H groups in total. The molecule has 1 heterocycles. The molecule has 2 rings (SSSR count). The van der Waals surface area contributed by atoms with Gasteiger partial charge in [0, 0.05) is 18.8 Å². The fourth-order valence-electron chi connectivity index (χ4n) is 1.87. The number of amides is 2. The number of ether oxygens (including phenoxy) is 1. The molecule has 0 saturated carbocycles. The molecule has 4 nitrogen and oxygen atoms in total. The third-order valence-electron chi connectivity index (χ3n) is 2.91. The molecule has 92 valence electrons. The van der Waals surface area contributed by atoms with Crippen molar-refractivity contribution in [2.75, 3.05) is 25.0 Å². The van der Waals surface area contributed by atoms with Crippen LogP contribution in [0.3, 0.4) is 0 Å². The van der Waals surface area contributed by atoms with E-state index in [0.29, 0.717) is 19.7 Å². The number of carbonyl (C=O) groups is 1. The zero-order valence-corrected chi connectivity index (χ0v) is 10.1. The Morgan fingerprint density at radius 2 is 2.24 bits per heavy atom. The van der Waals surface area contributed by atoms with E-state index in [0.717, 1.165) is 12.1 Å². The number of morpholine rings is 1. The average molecular weight is 234 g/mol. The topological polar surface area (TPSA) is 41.6 Å². The normalized spacial score (nSPS) is 20.1. The van der Waals surface area contributed by atoms with Gasteiger partial charge in [0.05, 0.1) is 12.7 Å². The van der Waals surface area contributed by atoms with E-state index in [9.17, 15) is 4.79 Å². The number of hydrogen-bond acceptors (Lipinski definition) is 2. The average Bonchev–Trinajstić information content (AvgIpc) is 2.40. The van der Waals surface area contributed by atoms with Gasteiger partial charge in [0.15, 0.2) is 0 Å². The maximum Gasteiger partial charge on any atom is 0.322 e. The molecule has 1 fully saturated rings. The molecule has 4 heteroatoms. The first kappa shape index (κ1) is 11.9. The van der Waals surface area contributed by atoms with E-state index in [1.54, 1.807) is 0 Å². The quantitative estimate of drug-likeness (QED) is 0.853. The van der Waals surface area contributed by atoms with Gasteiger partial charge in [-0.1, -0.05) is 25.1 Å². The van der Waals surface area contributed by atoms with Crippen molar-refractivity contribution < 1.29 is 9.53 Å². The number of anilines is 1. The van der Waals surface area contributed by atoms with Crippen LogP contribution in [-0.2, 0) is 4.74 Å². The minimum Gasteiger partial charge on any atom is -0.375 e. The Balaban J connectivity index is 1.91. The Labute approximate surface area is 102 Å². The summed E-state index contributed by atoms with van der Waals surface area (Å²) in [5.41, 5.74) is 0.831. The first-order chi connectivity index (χ1) is 8.29. The third kappa shape index (κ3) is 3.20. The van der Waals surface area contributed by atoms with E-state index in [1.807, 2.05) is 35.2 Å². The van der Waals surface area contributed by atoms with Gasteiger partial charge in [0.1, 0.15) is 0 Å². The molecular formula is C13H18N2O2. The summed E-state index contributed by atoms with van der Waals surface area (Å²) in [5, 5.41) is 2.89. The van der Waals surface area contributed by atoms with Crippen LogP contribution >= 0.6 is 0 Å². The largest absolute Gasteiger partial charge is 0.375 e. The number of rotatable bonds is 2. The molecule has 0 spiro atoms. The summed E-state index contributed by atoms with van der Waals surface area (Å²) in [6.07, 6.45) is 1.11. The molecule has 0 aromatic heterocycles. The van der Waals surface area contributed by atoms with Crippen molar-refractivity contribution in [1.29, 1.82) is 0 Å². The van der Waals surface area contributed by atoms with Gasteiger partial charge in [-0.3, -0.25) is 0 Å². The highest BCUT2D eigenvalue weighted by Gasteiger charge is 2.22. The highest BCUT2D eigenvalue weighted by Crippen LogP contribution is 2.11. The molecule has 1 unspecified atom stereocenters.